The molecule has 0 saturated heterocycles. The molecule has 0 saturated carbocycles. The molecule has 0 atom stereocenters. The average molecular weight is 210 g/mol. The fourth-order valence-corrected chi connectivity index (χ4v) is 1.82. The van der Waals surface area contributed by atoms with Crippen molar-refractivity contribution in [3.05, 3.63) is 21.6 Å². The topological polar surface area (TPSA) is 37.8 Å². The summed E-state index contributed by atoms with van der Waals surface area (Å²) in [6, 6.07) is 0. The molecule has 0 spiro atoms. The van der Waals surface area contributed by atoms with E-state index in [1.807, 2.05) is 0 Å². The fraction of sp³-hybridized carbons (Fsp3) is 0.750. The van der Waals surface area contributed by atoms with Gasteiger partial charge in [-0.15, -0.1) is 0 Å². The van der Waals surface area contributed by atoms with Gasteiger partial charge in [-0.25, -0.2) is 0 Å². The van der Waals surface area contributed by atoms with Crippen molar-refractivity contribution in [2.24, 2.45) is 7.05 Å². The standard InChI is InChI=1S/C12H22N2O/c1-4-6-8-10-11(9-7-5-2)13-14(3)12(10)15/h13H,4-9H2,1-3H3. The number of nitrogens with one attached hydrogen (secondary N) is 1. The minimum Gasteiger partial charge on any atom is -0.300 e. The third-order valence-electron chi connectivity index (χ3n) is 2.79. The summed E-state index contributed by atoms with van der Waals surface area (Å²) >= 11 is 0. The first-order chi connectivity index (χ1) is 7.20. The van der Waals surface area contributed by atoms with E-state index in [2.05, 4.69) is 18.9 Å². The van der Waals surface area contributed by atoms with Gasteiger partial charge in [0.1, 0.15) is 0 Å². The Morgan fingerprint density at radius 2 is 1.73 bits per heavy atom. The first-order valence-electron chi connectivity index (χ1n) is 5.97. The molecule has 3 nitrogen and oxygen atoms in total. The predicted molar refractivity (Wildman–Crippen MR) is 63.3 cm³/mol. The third kappa shape index (κ3) is 2.98. The van der Waals surface area contributed by atoms with Crippen LogP contribution in [0, 0.1) is 0 Å². The highest BCUT2D eigenvalue weighted by atomic mass is 16.1. The molecule has 1 N–H and O–H groups in total. The molecule has 15 heavy (non-hydrogen) atoms. The van der Waals surface area contributed by atoms with Gasteiger partial charge in [0.15, 0.2) is 0 Å². The Morgan fingerprint density at radius 3 is 2.33 bits per heavy atom. The van der Waals surface area contributed by atoms with Crippen LogP contribution in [0.1, 0.15) is 50.8 Å². The van der Waals surface area contributed by atoms with E-state index in [1.165, 1.54) is 6.42 Å². The highest BCUT2D eigenvalue weighted by Crippen LogP contribution is 2.09. The summed E-state index contributed by atoms with van der Waals surface area (Å²) in [4.78, 5) is 11.8. The number of hydrogen-bond donors (Lipinski definition) is 1. The van der Waals surface area contributed by atoms with Crippen LogP contribution in [-0.2, 0) is 19.9 Å². The monoisotopic (exact) mass is 210 g/mol. The summed E-state index contributed by atoms with van der Waals surface area (Å²) in [5.74, 6) is 0. The van der Waals surface area contributed by atoms with Crippen LogP contribution in [0.15, 0.2) is 4.79 Å². The molecular weight excluding hydrogens is 188 g/mol. The second-order valence-corrected chi connectivity index (χ2v) is 4.14. The second-order valence-electron chi connectivity index (χ2n) is 4.14. The summed E-state index contributed by atoms with van der Waals surface area (Å²) in [5.41, 5.74) is 2.32. The van der Waals surface area contributed by atoms with Gasteiger partial charge in [-0.2, -0.15) is 0 Å². The molecule has 0 aromatic carbocycles. The van der Waals surface area contributed by atoms with Gasteiger partial charge < -0.3 is 0 Å². The first-order valence-corrected chi connectivity index (χ1v) is 5.97. The zero-order valence-electron chi connectivity index (χ0n) is 10.1. The first kappa shape index (κ1) is 12.1. The molecule has 1 aromatic heterocycles. The predicted octanol–water partition coefficient (Wildman–Crippen LogP) is 2.40. The Hall–Kier alpha value is -0.990. The zero-order valence-corrected chi connectivity index (χ0v) is 10.1. The summed E-state index contributed by atoms with van der Waals surface area (Å²) in [6.45, 7) is 4.33. The number of aromatic amines is 1. The molecule has 0 aliphatic carbocycles. The smallest absolute Gasteiger partial charge is 0.269 e. The summed E-state index contributed by atoms with van der Waals surface area (Å²) in [7, 11) is 1.80. The van der Waals surface area contributed by atoms with Gasteiger partial charge in [0, 0.05) is 18.3 Å². The zero-order chi connectivity index (χ0) is 11.3. The Morgan fingerprint density at radius 1 is 1.13 bits per heavy atom. The number of H-pyrrole nitrogens is 1. The maximum atomic E-state index is 11.8. The molecule has 0 unspecified atom stereocenters. The van der Waals surface area contributed by atoms with Crippen molar-refractivity contribution in [3.8, 4) is 0 Å². The Bertz CT molecular complexity index is 349. The molecule has 0 amide bonds. The van der Waals surface area contributed by atoms with E-state index < -0.39 is 0 Å². The van der Waals surface area contributed by atoms with Crippen LogP contribution in [0.4, 0.5) is 0 Å². The minimum atomic E-state index is 0.162. The molecule has 86 valence electrons. The second kappa shape index (κ2) is 5.79. The highest BCUT2D eigenvalue weighted by molar-refractivity contribution is 5.17. The van der Waals surface area contributed by atoms with Crippen molar-refractivity contribution in [2.75, 3.05) is 0 Å². The normalized spacial score (nSPS) is 10.9. The van der Waals surface area contributed by atoms with Crippen molar-refractivity contribution < 1.29 is 0 Å². The van der Waals surface area contributed by atoms with Crippen LogP contribution in [0.2, 0.25) is 0 Å². The van der Waals surface area contributed by atoms with Gasteiger partial charge in [-0.3, -0.25) is 14.6 Å². The van der Waals surface area contributed by atoms with Crippen LogP contribution < -0.4 is 5.56 Å². The quantitative estimate of drug-likeness (QED) is 0.769. The Kier molecular flexibility index (Phi) is 4.66. The van der Waals surface area contributed by atoms with Gasteiger partial charge in [0.25, 0.3) is 5.56 Å². The van der Waals surface area contributed by atoms with Crippen molar-refractivity contribution >= 4 is 0 Å². The van der Waals surface area contributed by atoms with E-state index in [9.17, 15) is 4.79 Å². The molecule has 0 aliphatic heterocycles. The van der Waals surface area contributed by atoms with Gasteiger partial charge >= 0.3 is 0 Å². The van der Waals surface area contributed by atoms with E-state index in [-0.39, 0.29) is 5.56 Å². The molecule has 0 radical (unpaired) electrons. The summed E-state index contributed by atoms with van der Waals surface area (Å²) in [6.07, 6.45) is 6.49. The van der Waals surface area contributed by atoms with Crippen LogP contribution in [0.25, 0.3) is 0 Å². The minimum absolute atomic E-state index is 0.162. The SMILES string of the molecule is CCCCc1[nH]n(C)c(=O)c1CCCC. The lowest BCUT2D eigenvalue weighted by Gasteiger charge is -2.00. The van der Waals surface area contributed by atoms with Gasteiger partial charge in [-0.1, -0.05) is 26.7 Å². The molecule has 1 heterocycles. The number of aromatic nitrogens is 2. The van der Waals surface area contributed by atoms with E-state index in [0.29, 0.717) is 0 Å². The summed E-state index contributed by atoms with van der Waals surface area (Å²) < 4.78 is 1.61. The number of rotatable bonds is 6. The largest absolute Gasteiger partial charge is 0.300 e. The van der Waals surface area contributed by atoms with E-state index >= 15 is 0 Å². The van der Waals surface area contributed by atoms with E-state index in [0.717, 1.165) is 43.4 Å². The lowest BCUT2D eigenvalue weighted by molar-refractivity contribution is 0.699. The summed E-state index contributed by atoms with van der Waals surface area (Å²) in [5, 5.41) is 3.16. The molecule has 1 aromatic rings. The number of nitrogens with zero attached hydrogens (tertiary/aromatic N) is 1. The Labute approximate surface area is 91.5 Å². The van der Waals surface area contributed by atoms with Crippen molar-refractivity contribution in [3.63, 3.8) is 0 Å². The maximum absolute atomic E-state index is 11.8. The van der Waals surface area contributed by atoms with Crippen molar-refractivity contribution in [2.45, 2.75) is 52.4 Å². The average Bonchev–Trinajstić information content (AvgIpc) is 2.50. The molecule has 3 heteroatoms. The van der Waals surface area contributed by atoms with Gasteiger partial charge in [0.05, 0.1) is 0 Å². The van der Waals surface area contributed by atoms with Gasteiger partial charge in [0.2, 0.25) is 0 Å². The lowest BCUT2D eigenvalue weighted by atomic mass is 10.1. The number of unbranched alkanes of at least 4 members (excludes halogenated alkanes) is 2. The molecule has 0 bridgehead atoms. The van der Waals surface area contributed by atoms with E-state index in [1.54, 1.807) is 11.7 Å². The molecule has 1 rings (SSSR count). The van der Waals surface area contributed by atoms with Crippen LogP contribution in [0.3, 0.4) is 0 Å². The van der Waals surface area contributed by atoms with Gasteiger partial charge in [-0.05, 0) is 25.7 Å². The van der Waals surface area contributed by atoms with Crippen LogP contribution in [0.5, 0.6) is 0 Å². The maximum Gasteiger partial charge on any atom is 0.269 e. The molecule has 0 fully saturated rings. The number of aryl methyl sites for hydroxylation is 2. The van der Waals surface area contributed by atoms with Crippen LogP contribution >= 0.6 is 0 Å². The van der Waals surface area contributed by atoms with Crippen molar-refractivity contribution in [1.29, 1.82) is 0 Å². The lowest BCUT2D eigenvalue weighted by Crippen LogP contribution is -2.15. The Balaban J connectivity index is 2.83. The molecular formula is C12H22N2O. The third-order valence-corrected chi connectivity index (χ3v) is 2.79. The fourth-order valence-electron chi connectivity index (χ4n) is 1.82. The molecule has 0 aliphatic rings. The van der Waals surface area contributed by atoms with E-state index in [4.69, 9.17) is 0 Å². The highest BCUT2D eigenvalue weighted by Gasteiger charge is 2.10. The van der Waals surface area contributed by atoms with Crippen molar-refractivity contribution in [1.82, 2.24) is 9.78 Å². The number of hydrogen-bond acceptors (Lipinski definition) is 1. The van der Waals surface area contributed by atoms with Crippen LogP contribution in [-0.4, -0.2) is 9.78 Å².